The summed E-state index contributed by atoms with van der Waals surface area (Å²) < 4.78 is 39.5. The number of rotatable bonds is 5. The van der Waals surface area contributed by atoms with Crippen molar-refractivity contribution in [2.24, 2.45) is 0 Å². The monoisotopic (exact) mass is 334 g/mol. The van der Waals surface area contributed by atoms with E-state index in [-0.39, 0.29) is 17.3 Å². The summed E-state index contributed by atoms with van der Waals surface area (Å²) in [6.45, 7) is 2.03. The summed E-state index contributed by atoms with van der Waals surface area (Å²) in [5.41, 5.74) is 0.342. The number of nitrogens with one attached hydrogen (secondary N) is 1. The number of hydrogen-bond acceptors (Lipinski definition) is 4. The molecule has 0 fully saturated rings. The highest BCUT2D eigenvalue weighted by molar-refractivity contribution is 7.88. The summed E-state index contributed by atoms with van der Waals surface area (Å²) in [4.78, 5) is 5.08. The van der Waals surface area contributed by atoms with Gasteiger partial charge < -0.3 is 0 Å². The van der Waals surface area contributed by atoms with Gasteiger partial charge >= 0.3 is 0 Å². The van der Waals surface area contributed by atoms with Crippen LogP contribution >= 0.6 is 22.9 Å². The molecule has 0 bridgehead atoms. The molecule has 0 atom stereocenters. The molecule has 0 aliphatic heterocycles. The van der Waals surface area contributed by atoms with Gasteiger partial charge in [-0.1, -0.05) is 17.7 Å². The fourth-order valence-corrected chi connectivity index (χ4v) is 3.57. The first-order valence-corrected chi connectivity index (χ1v) is 8.53. The summed E-state index contributed by atoms with van der Waals surface area (Å²) in [5, 5.41) is 0.658. The summed E-state index contributed by atoms with van der Waals surface area (Å²) in [7, 11) is -3.55. The molecule has 1 N–H and O–H groups in total. The van der Waals surface area contributed by atoms with Gasteiger partial charge in [0.05, 0.1) is 17.3 Å². The van der Waals surface area contributed by atoms with Gasteiger partial charge in [-0.15, -0.1) is 11.3 Å². The van der Waals surface area contributed by atoms with Crippen molar-refractivity contribution in [1.82, 2.24) is 9.71 Å². The molecule has 0 spiro atoms. The molecule has 0 radical (unpaired) electrons. The van der Waals surface area contributed by atoms with E-state index in [1.54, 1.807) is 6.20 Å². The molecule has 1 heterocycles. The summed E-state index contributed by atoms with van der Waals surface area (Å²) in [6, 6.07) is 3.94. The standard InChI is InChI=1S/C12H12ClFN2O2S2/c1-8-5-15-12(19-8)6-16-20(17,18)7-9-2-3-10(13)11(14)4-9/h2-5,16H,6-7H2,1H3. The van der Waals surface area contributed by atoms with Gasteiger partial charge in [-0.25, -0.2) is 22.5 Å². The molecular formula is C12H12ClFN2O2S2. The second kappa shape index (κ2) is 6.17. The van der Waals surface area contributed by atoms with Crippen LogP contribution in [0.2, 0.25) is 5.02 Å². The van der Waals surface area contributed by atoms with Crippen LogP contribution in [0, 0.1) is 12.7 Å². The minimum atomic E-state index is -3.55. The molecule has 0 saturated carbocycles. The third-order valence-electron chi connectivity index (χ3n) is 2.45. The molecule has 2 aromatic rings. The van der Waals surface area contributed by atoms with Crippen LogP contribution in [-0.2, 0) is 22.3 Å². The smallest absolute Gasteiger partial charge is 0.216 e. The first kappa shape index (κ1) is 15.4. The summed E-state index contributed by atoms with van der Waals surface area (Å²) in [5.74, 6) is -0.930. The molecule has 0 aliphatic carbocycles. The zero-order chi connectivity index (χ0) is 14.8. The number of benzene rings is 1. The van der Waals surface area contributed by atoms with E-state index in [9.17, 15) is 12.8 Å². The Morgan fingerprint density at radius 2 is 2.20 bits per heavy atom. The van der Waals surface area contributed by atoms with Crippen molar-refractivity contribution < 1.29 is 12.8 Å². The van der Waals surface area contributed by atoms with E-state index in [1.807, 2.05) is 6.92 Å². The summed E-state index contributed by atoms with van der Waals surface area (Å²) in [6.07, 6.45) is 1.68. The maximum absolute atomic E-state index is 13.3. The Morgan fingerprint density at radius 1 is 1.45 bits per heavy atom. The van der Waals surface area contributed by atoms with Crippen molar-refractivity contribution in [2.45, 2.75) is 19.2 Å². The minimum Gasteiger partial charge on any atom is -0.248 e. The van der Waals surface area contributed by atoms with E-state index in [0.29, 0.717) is 10.6 Å². The largest absolute Gasteiger partial charge is 0.248 e. The number of sulfonamides is 1. The molecule has 108 valence electrons. The molecule has 1 aromatic carbocycles. The number of hydrogen-bond donors (Lipinski definition) is 1. The molecule has 20 heavy (non-hydrogen) atoms. The lowest BCUT2D eigenvalue weighted by molar-refractivity contribution is 0.580. The Labute approximate surface area is 125 Å². The predicted molar refractivity (Wildman–Crippen MR) is 77.7 cm³/mol. The van der Waals surface area contributed by atoms with Gasteiger partial charge in [0.25, 0.3) is 0 Å². The van der Waals surface area contributed by atoms with Gasteiger partial charge in [0.2, 0.25) is 10.0 Å². The van der Waals surface area contributed by atoms with Gasteiger partial charge in [-0.3, -0.25) is 0 Å². The predicted octanol–water partition coefficient (Wildman–Crippen LogP) is 2.86. The van der Waals surface area contributed by atoms with Crippen LogP contribution in [0.1, 0.15) is 15.4 Å². The van der Waals surface area contributed by atoms with E-state index in [4.69, 9.17) is 11.6 Å². The van der Waals surface area contributed by atoms with Crippen LogP contribution in [-0.4, -0.2) is 13.4 Å². The Morgan fingerprint density at radius 3 is 2.80 bits per heavy atom. The van der Waals surface area contributed by atoms with Crippen LogP contribution in [0.3, 0.4) is 0 Å². The highest BCUT2D eigenvalue weighted by atomic mass is 35.5. The Hall–Kier alpha value is -1.02. The SMILES string of the molecule is Cc1cnc(CNS(=O)(=O)Cc2ccc(Cl)c(F)c2)s1. The fourth-order valence-electron chi connectivity index (χ4n) is 1.55. The number of thiazole rings is 1. The molecule has 0 amide bonds. The van der Waals surface area contributed by atoms with Gasteiger partial charge in [0, 0.05) is 11.1 Å². The third kappa shape index (κ3) is 4.24. The lowest BCUT2D eigenvalue weighted by atomic mass is 10.2. The lowest BCUT2D eigenvalue weighted by Crippen LogP contribution is -2.24. The molecule has 0 saturated heterocycles. The van der Waals surface area contributed by atoms with Crippen molar-refractivity contribution in [2.75, 3.05) is 0 Å². The number of aryl methyl sites for hydroxylation is 1. The lowest BCUT2D eigenvalue weighted by Gasteiger charge is -2.06. The van der Waals surface area contributed by atoms with Gasteiger partial charge in [0.1, 0.15) is 10.8 Å². The quantitative estimate of drug-likeness (QED) is 0.914. The highest BCUT2D eigenvalue weighted by Crippen LogP contribution is 2.17. The van der Waals surface area contributed by atoms with Crippen molar-refractivity contribution in [3.8, 4) is 0 Å². The Bertz CT molecular complexity index is 716. The van der Waals surface area contributed by atoms with Crippen LogP contribution in [0.4, 0.5) is 4.39 Å². The van der Waals surface area contributed by atoms with Gasteiger partial charge in [0.15, 0.2) is 0 Å². The van der Waals surface area contributed by atoms with Crippen molar-refractivity contribution in [3.63, 3.8) is 0 Å². The van der Waals surface area contributed by atoms with Crippen LogP contribution in [0.25, 0.3) is 0 Å². The third-order valence-corrected chi connectivity index (χ3v) is 4.97. The van der Waals surface area contributed by atoms with E-state index in [1.165, 1.54) is 23.5 Å². The Kier molecular flexibility index (Phi) is 4.74. The summed E-state index contributed by atoms with van der Waals surface area (Å²) >= 11 is 6.97. The van der Waals surface area contributed by atoms with E-state index in [0.717, 1.165) is 10.9 Å². The first-order chi connectivity index (χ1) is 9.35. The average Bonchev–Trinajstić information content (AvgIpc) is 2.77. The topological polar surface area (TPSA) is 59.1 Å². The molecule has 0 unspecified atom stereocenters. The Balaban J connectivity index is 2.01. The maximum Gasteiger partial charge on any atom is 0.216 e. The number of aromatic nitrogens is 1. The fraction of sp³-hybridized carbons (Fsp3) is 0.250. The molecule has 8 heteroatoms. The molecule has 4 nitrogen and oxygen atoms in total. The zero-order valence-corrected chi connectivity index (χ0v) is 12.9. The normalized spacial score (nSPS) is 11.8. The highest BCUT2D eigenvalue weighted by Gasteiger charge is 2.13. The molecule has 0 aliphatic rings. The first-order valence-electron chi connectivity index (χ1n) is 5.68. The van der Waals surface area contributed by atoms with Crippen LogP contribution in [0.5, 0.6) is 0 Å². The molecule has 2 rings (SSSR count). The average molecular weight is 335 g/mol. The van der Waals surface area contributed by atoms with Gasteiger partial charge in [-0.2, -0.15) is 0 Å². The van der Waals surface area contributed by atoms with E-state index in [2.05, 4.69) is 9.71 Å². The number of halogens is 2. The molecular weight excluding hydrogens is 323 g/mol. The van der Waals surface area contributed by atoms with Crippen LogP contribution < -0.4 is 4.72 Å². The van der Waals surface area contributed by atoms with E-state index >= 15 is 0 Å². The molecule has 1 aromatic heterocycles. The zero-order valence-electron chi connectivity index (χ0n) is 10.6. The minimum absolute atomic E-state index is 0.0302. The van der Waals surface area contributed by atoms with Crippen molar-refractivity contribution in [3.05, 3.63) is 50.7 Å². The maximum atomic E-state index is 13.3. The second-order valence-corrected chi connectivity index (χ2v) is 7.73. The van der Waals surface area contributed by atoms with Crippen molar-refractivity contribution >= 4 is 33.0 Å². The second-order valence-electron chi connectivity index (χ2n) is 4.19. The van der Waals surface area contributed by atoms with Gasteiger partial charge in [-0.05, 0) is 24.6 Å². The number of nitrogens with zero attached hydrogens (tertiary/aromatic N) is 1. The van der Waals surface area contributed by atoms with Crippen LogP contribution in [0.15, 0.2) is 24.4 Å². The van der Waals surface area contributed by atoms with Crippen molar-refractivity contribution in [1.29, 1.82) is 0 Å². The van der Waals surface area contributed by atoms with E-state index < -0.39 is 15.8 Å².